The van der Waals surface area contributed by atoms with Crippen LogP contribution in [0.25, 0.3) is 0 Å². The second-order valence-corrected chi connectivity index (χ2v) is 9.76. The Morgan fingerprint density at radius 2 is 1.74 bits per heavy atom. The van der Waals surface area contributed by atoms with Crippen LogP contribution in [0.3, 0.4) is 0 Å². The van der Waals surface area contributed by atoms with Crippen molar-refractivity contribution in [3.05, 3.63) is 90.2 Å². The number of sulfonamides is 1. The maximum absolute atomic E-state index is 13.3. The maximum atomic E-state index is 13.3. The van der Waals surface area contributed by atoms with E-state index in [0.717, 1.165) is 34.1 Å². The molecule has 0 saturated carbocycles. The lowest BCUT2D eigenvalue weighted by molar-refractivity contribution is -0.120. The second kappa shape index (κ2) is 10.0. The Hall–Kier alpha value is -3.72. The zero-order valence-electron chi connectivity index (χ0n) is 18.4. The summed E-state index contributed by atoms with van der Waals surface area (Å²) in [4.78, 5) is 26.4. The van der Waals surface area contributed by atoms with E-state index in [1.54, 1.807) is 35.2 Å². The van der Waals surface area contributed by atoms with Gasteiger partial charge in [-0.2, -0.15) is 0 Å². The highest BCUT2D eigenvalue weighted by atomic mass is 32.2. The molecular weight excluding hydrogens is 457 g/mol. The van der Waals surface area contributed by atoms with Gasteiger partial charge in [0.2, 0.25) is 11.8 Å². The molecule has 0 bridgehead atoms. The van der Waals surface area contributed by atoms with Crippen LogP contribution in [0, 0.1) is 5.82 Å². The number of rotatable bonds is 8. The van der Waals surface area contributed by atoms with E-state index in [4.69, 9.17) is 0 Å². The first-order chi connectivity index (χ1) is 16.3. The van der Waals surface area contributed by atoms with Gasteiger partial charge in [0.05, 0.1) is 10.6 Å². The minimum atomic E-state index is -4.11. The molecule has 1 heterocycles. The molecule has 34 heavy (non-hydrogen) atoms. The molecule has 3 aromatic carbocycles. The van der Waals surface area contributed by atoms with E-state index in [1.165, 1.54) is 12.1 Å². The Balaban J connectivity index is 1.50. The van der Waals surface area contributed by atoms with Crippen LogP contribution in [-0.2, 0) is 26.2 Å². The maximum Gasteiger partial charge on any atom is 0.264 e. The summed E-state index contributed by atoms with van der Waals surface area (Å²) in [6.07, 6.45) is 1.34. The molecule has 9 heteroatoms. The zero-order chi connectivity index (χ0) is 24.1. The van der Waals surface area contributed by atoms with Crippen molar-refractivity contribution in [1.82, 2.24) is 5.32 Å². The average Bonchev–Trinajstić information content (AvgIpc) is 3.28. The third-order valence-electron chi connectivity index (χ3n) is 5.52. The lowest BCUT2D eigenvalue weighted by Gasteiger charge is -2.24. The van der Waals surface area contributed by atoms with Crippen molar-refractivity contribution in [2.75, 3.05) is 22.3 Å². The van der Waals surface area contributed by atoms with Gasteiger partial charge in [-0.3, -0.25) is 13.9 Å². The number of amides is 2. The molecule has 176 valence electrons. The van der Waals surface area contributed by atoms with E-state index in [2.05, 4.69) is 5.32 Å². The van der Waals surface area contributed by atoms with Gasteiger partial charge in [-0.25, -0.2) is 12.8 Å². The molecule has 0 radical (unpaired) electrons. The summed E-state index contributed by atoms with van der Waals surface area (Å²) in [5.74, 6) is -0.983. The molecule has 1 aliphatic rings. The number of carbonyl (C=O) groups is 2. The number of nitrogens with zero attached hydrogens (tertiary/aromatic N) is 2. The van der Waals surface area contributed by atoms with E-state index >= 15 is 0 Å². The van der Waals surface area contributed by atoms with E-state index in [9.17, 15) is 22.4 Å². The minimum Gasteiger partial charge on any atom is -0.350 e. The largest absolute Gasteiger partial charge is 0.350 e. The number of para-hydroxylation sites is 1. The van der Waals surface area contributed by atoms with Crippen molar-refractivity contribution >= 4 is 33.2 Å². The molecule has 7 nitrogen and oxygen atoms in total. The Bertz CT molecular complexity index is 1280. The third-order valence-corrected chi connectivity index (χ3v) is 7.31. The molecule has 0 spiro atoms. The monoisotopic (exact) mass is 481 g/mol. The summed E-state index contributed by atoms with van der Waals surface area (Å²) in [6.45, 7) is 0.393. The third kappa shape index (κ3) is 5.26. The topological polar surface area (TPSA) is 86.8 Å². The average molecular weight is 482 g/mol. The first kappa shape index (κ1) is 23.4. The smallest absolute Gasteiger partial charge is 0.264 e. The molecule has 0 unspecified atom stereocenters. The van der Waals surface area contributed by atoms with E-state index < -0.39 is 28.3 Å². The molecule has 1 aliphatic heterocycles. The molecule has 3 aromatic rings. The quantitative estimate of drug-likeness (QED) is 0.534. The van der Waals surface area contributed by atoms with Crippen molar-refractivity contribution in [2.45, 2.75) is 24.3 Å². The van der Waals surface area contributed by atoms with Crippen LogP contribution in [0.4, 0.5) is 15.8 Å². The highest BCUT2D eigenvalue weighted by Gasteiger charge is 2.27. The van der Waals surface area contributed by atoms with Crippen LogP contribution in [0.1, 0.15) is 18.4 Å². The number of benzene rings is 3. The second-order valence-electron chi connectivity index (χ2n) is 7.90. The number of anilines is 2. The molecule has 1 N–H and O–H groups in total. The Morgan fingerprint density at radius 1 is 1.00 bits per heavy atom. The number of hydrogen-bond acceptors (Lipinski definition) is 4. The number of hydrogen-bond donors (Lipinski definition) is 1. The number of halogens is 1. The molecule has 2 amide bonds. The highest BCUT2D eigenvalue weighted by molar-refractivity contribution is 7.92. The zero-order valence-corrected chi connectivity index (χ0v) is 19.2. The van der Waals surface area contributed by atoms with E-state index in [0.29, 0.717) is 18.7 Å². The van der Waals surface area contributed by atoms with E-state index in [-0.39, 0.29) is 17.3 Å². The Morgan fingerprint density at radius 3 is 2.41 bits per heavy atom. The summed E-state index contributed by atoms with van der Waals surface area (Å²) >= 11 is 0. The summed E-state index contributed by atoms with van der Waals surface area (Å²) < 4.78 is 40.8. The molecular formula is C25H24FN3O4S. The van der Waals surface area contributed by atoms with Crippen LogP contribution in [-0.4, -0.2) is 33.3 Å². The van der Waals surface area contributed by atoms with Gasteiger partial charge < -0.3 is 10.2 Å². The molecule has 4 rings (SSSR count). The fraction of sp³-hybridized carbons (Fsp3) is 0.200. The summed E-state index contributed by atoms with van der Waals surface area (Å²) in [5.41, 5.74) is 1.88. The highest BCUT2D eigenvalue weighted by Crippen LogP contribution is 2.24. The van der Waals surface area contributed by atoms with Gasteiger partial charge in [-0.05, 0) is 60.5 Å². The molecule has 1 saturated heterocycles. The minimum absolute atomic E-state index is 0.0747. The van der Waals surface area contributed by atoms with Crippen molar-refractivity contribution in [2.24, 2.45) is 0 Å². The van der Waals surface area contributed by atoms with Crippen LogP contribution in [0.5, 0.6) is 0 Å². The molecule has 0 aromatic heterocycles. The molecule has 0 aliphatic carbocycles. The van der Waals surface area contributed by atoms with Gasteiger partial charge in [-0.1, -0.05) is 30.3 Å². The Labute approximate surface area is 197 Å². The predicted molar refractivity (Wildman–Crippen MR) is 127 cm³/mol. The van der Waals surface area contributed by atoms with Gasteiger partial charge in [0.15, 0.2) is 0 Å². The molecule has 1 fully saturated rings. The molecule has 0 atom stereocenters. The van der Waals surface area contributed by atoms with Crippen molar-refractivity contribution in [3.8, 4) is 0 Å². The van der Waals surface area contributed by atoms with Crippen molar-refractivity contribution in [3.63, 3.8) is 0 Å². The lowest BCUT2D eigenvalue weighted by Crippen LogP contribution is -2.40. The van der Waals surface area contributed by atoms with Gasteiger partial charge in [-0.15, -0.1) is 0 Å². The summed E-state index contributed by atoms with van der Waals surface area (Å²) in [5, 5.41) is 2.75. The van der Waals surface area contributed by atoms with Crippen LogP contribution < -0.4 is 14.5 Å². The number of nitrogens with one attached hydrogen (secondary N) is 1. The number of carbonyl (C=O) groups excluding carboxylic acids is 2. The van der Waals surface area contributed by atoms with Gasteiger partial charge in [0.25, 0.3) is 10.0 Å². The van der Waals surface area contributed by atoms with Crippen LogP contribution in [0.15, 0.2) is 83.8 Å². The SMILES string of the molecule is O=C(CN(c1ccccc1)S(=O)(=O)c1ccc(F)cc1)NCc1cccc(N2CCCC2=O)c1. The summed E-state index contributed by atoms with van der Waals surface area (Å²) in [7, 11) is -4.11. The van der Waals surface area contributed by atoms with Gasteiger partial charge in [0.1, 0.15) is 12.4 Å². The Kier molecular flexibility index (Phi) is 6.93. The van der Waals surface area contributed by atoms with Gasteiger partial charge in [0, 0.05) is 25.2 Å². The fourth-order valence-corrected chi connectivity index (χ4v) is 5.21. The first-order valence-corrected chi connectivity index (χ1v) is 12.3. The van der Waals surface area contributed by atoms with E-state index in [1.807, 2.05) is 24.3 Å². The van der Waals surface area contributed by atoms with Crippen LogP contribution >= 0.6 is 0 Å². The fourth-order valence-electron chi connectivity index (χ4n) is 3.79. The van der Waals surface area contributed by atoms with Crippen molar-refractivity contribution < 1.29 is 22.4 Å². The van der Waals surface area contributed by atoms with Gasteiger partial charge >= 0.3 is 0 Å². The standard InChI is InChI=1S/C25H24FN3O4S/c26-20-11-13-23(14-12-20)34(32,33)29(21-7-2-1-3-8-21)18-24(30)27-17-19-6-4-9-22(16-19)28-15-5-10-25(28)31/h1-4,6-9,11-14,16H,5,10,15,17-18H2,(H,27,30). The summed E-state index contributed by atoms with van der Waals surface area (Å²) in [6, 6.07) is 20.1. The van der Waals surface area contributed by atoms with Crippen molar-refractivity contribution in [1.29, 1.82) is 0 Å². The normalized spacial score (nSPS) is 13.7. The van der Waals surface area contributed by atoms with Crippen LogP contribution in [0.2, 0.25) is 0 Å². The predicted octanol–water partition coefficient (Wildman–Crippen LogP) is 3.46. The first-order valence-electron chi connectivity index (χ1n) is 10.8. The lowest BCUT2D eigenvalue weighted by atomic mass is 10.2.